The number of carbonyl (C=O) groups is 5. The number of halogens is 4. The first-order chi connectivity index (χ1) is 27.7. The molecule has 1 saturated carbocycles. The molecule has 9 rings (SSSR count). The van der Waals surface area contributed by atoms with Crippen LogP contribution in [0.1, 0.15) is 110 Å². The zero-order valence-corrected chi connectivity index (χ0v) is 31.9. The van der Waals surface area contributed by atoms with E-state index < -0.39 is 77.8 Å². The standard InChI is InChI=1S/C43H43F4N5O6/c1-22-10-24-11-28(53)2-3-29(24)38(51(22)21-35(46)47)37-32(44)14-25(15-33(37)45)40(56)50-8-6-43(7-9-50)16-23(17-43)18-49-19-26-12-30-31(13-27(26)20-49)42(58)52(41(30)57)34-4-5-36(54)48-39(34)55/h2-3,11-15,22-23,34-35,38,53H,4-10,16-21H2,1H3,(H,48,54,55)/t22-,34?,38+/m1/s1. The number of likely N-dealkylation sites (tertiary alicyclic amines) is 1. The number of aromatic hydroxyl groups is 1. The summed E-state index contributed by atoms with van der Waals surface area (Å²) in [5.41, 5.74) is 3.08. The molecule has 58 heavy (non-hydrogen) atoms. The molecule has 1 spiro atoms. The minimum atomic E-state index is -2.74. The number of hydrogen-bond acceptors (Lipinski definition) is 8. The Morgan fingerprint density at radius 2 is 1.55 bits per heavy atom. The molecule has 304 valence electrons. The molecule has 0 bridgehead atoms. The van der Waals surface area contributed by atoms with Crippen LogP contribution in [0.2, 0.25) is 0 Å². The highest BCUT2D eigenvalue weighted by Gasteiger charge is 2.48. The number of nitrogens with zero attached hydrogens (tertiary/aromatic N) is 4. The first-order valence-electron chi connectivity index (χ1n) is 19.9. The summed E-state index contributed by atoms with van der Waals surface area (Å²) in [6.45, 7) is 3.97. The maximum absolute atomic E-state index is 16.0. The maximum atomic E-state index is 16.0. The van der Waals surface area contributed by atoms with Gasteiger partial charge >= 0.3 is 0 Å². The average Bonchev–Trinajstić information content (AvgIpc) is 3.66. The lowest BCUT2D eigenvalue weighted by atomic mass is 9.57. The zero-order chi connectivity index (χ0) is 40.8. The Morgan fingerprint density at radius 1 is 0.914 bits per heavy atom. The molecule has 5 aliphatic heterocycles. The van der Waals surface area contributed by atoms with Gasteiger partial charge in [0.05, 0.1) is 23.7 Å². The normalized spacial score (nSPS) is 24.6. The number of amides is 5. The Kier molecular flexibility index (Phi) is 9.46. The summed E-state index contributed by atoms with van der Waals surface area (Å²) in [7, 11) is 0. The predicted molar refractivity (Wildman–Crippen MR) is 200 cm³/mol. The fourth-order valence-electron chi connectivity index (χ4n) is 10.6. The van der Waals surface area contributed by atoms with Gasteiger partial charge in [0.1, 0.15) is 23.4 Å². The Morgan fingerprint density at radius 3 is 2.16 bits per heavy atom. The second-order valence-corrected chi connectivity index (χ2v) is 17.1. The van der Waals surface area contributed by atoms with Crippen molar-refractivity contribution in [2.24, 2.45) is 11.3 Å². The predicted octanol–water partition coefficient (Wildman–Crippen LogP) is 5.32. The van der Waals surface area contributed by atoms with Crippen molar-refractivity contribution in [3.63, 3.8) is 0 Å². The average molecular weight is 802 g/mol. The highest BCUT2D eigenvalue weighted by atomic mass is 19.3. The van der Waals surface area contributed by atoms with Gasteiger partial charge in [-0.2, -0.15) is 0 Å². The lowest BCUT2D eigenvalue weighted by Crippen LogP contribution is -2.54. The lowest BCUT2D eigenvalue weighted by molar-refractivity contribution is -0.136. The van der Waals surface area contributed by atoms with Crippen LogP contribution in [0.15, 0.2) is 42.5 Å². The van der Waals surface area contributed by atoms with Crippen molar-refractivity contribution in [2.45, 2.75) is 89.5 Å². The fourth-order valence-corrected chi connectivity index (χ4v) is 10.6. The van der Waals surface area contributed by atoms with E-state index in [9.17, 15) is 37.9 Å². The second kappa shape index (κ2) is 14.3. The highest BCUT2D eigenvalue weighted by molar-refractivity contribution is 6.23. The first kappa shape index (κ1) is 38.4. The molecule has 0 radical (unpaired) electrons. The molecule has 0 aromatic heterocycles. The van der Waals surface area contributed by atoms with Crippen molar-refractivity contribution in [1.29, 1.82) is 0 Å². The molecular formula is C43H43F4N5O6. The Hall–Kier alpha value is -5.15. The van der Waals surface area contributed by atoms with Crippen LogP contribution in [0.5, 0.6) is 5.75 Å². The molecule has 1 aliphatic carbocycles. The molecule has 3 aromatic carbocycles. The van der Waals surface area contributed by atoms with Crippen LogP contribution < -0.4 is 5.32 Å². The number of rotatable bonds is 7. The third kappa shape index (κ3) is 6.55. The Labute approximate surface area is 331 Å². The number of nitrogens with one attached hydrogen (secondary N) is 1. The molecule has 5 amide bonds. The Bertz CT molecular complexity index is 2200. The van der Waals surface area contributed by atoms with E-state index in [4.69, 9.17) is 0 Å². The summed E-state index contributed by atoms with van der Waals surface area (Å²) >= 11 is 0. The maximum Gasteiger partial charge on any atom is 0.262 e. The van der Waals surface area contributed by atoms with Crippen molar-refractivity contribution in [1.82, 2.24) is 24.9 Å². The third-order valence-electron chi connectivity index (χ3n) is 13.4. The van der Waals surface area contributed by atoms with E-state index in [1.807, 2.05) is 0 Å². The first-order valence-corrected chi connectivity index (χ1v) is 19.9. The van der Waals surface area contributed by atoms with E-state index in [1.54, 1.807) is 24.0 Å². The van der Waals surface area contributed by atoms with Crippen LogP contribution in [0, 0.1) is 23.0 Å². The van der Waals surface area contributed by atoms with Crippen molar-refractivity contribution < 1.29 is 46.6 Å². The Balaban J connectivity index is 0.809. The minimum Gasteiger partial charge on any atom is -0.508 e. The van der Waals surface area contributed by atoms with Gasteiger partial charge in [-0.1, -0.05) is 6.07 Å². The number of fused-ring (bicyclic) bond motifs is 3. The summed E-state index contributed by atoms with van der Waals surface area (Å²) in [6.07, 6.45) is 1.20. The van der Waals surface area contributed by atoms with Crippen LogP contribution in [0.4, 0.5) is 17.6 Å². The number of hydrogen-bond donors (Lipinski definition) is 2. The minimum absolute atomic E-state index is 0.0295. The highest BCUT2D eigenvalue weighted by Crippen LogP contribution is 2.53. The second-order valence-electron chi connectivity index (χ2n) is 17.1. The van der Waals surface area contributed by atoms with E-state index in [0.29, 0.717) is 49.6 Å². The lowest BCUT2D eigenvalue weighted by Gasteiger charge is -2.53. The summed E-state index contributed by atoms with van der Waals surface area (Å²) in [5, 5.41) is 12.3. The topological polar surface area (TPSA) is 131 Å². The van der Waals surface area contributed by atoms with E-state index in [2.05, 4.69) is 10.2 Å². The number of alkyl halides is 2. The number of imide groups is 2. The van der Waals surface area contributed by atoms with Crippen LogP contribution in [-0.4, -0.2) is 98.9 Å². The van der Waals surface area contributed by atoms with Gasteiger partial charge < -0.3 is 10.0 Å². The number of phenolic OH excluding ortho intramolecular Hbond substituents is 1. The summed E-state index contributed by atoms with van der Waals surface area (Å²) < 4.78 is 59.4. The molecule has 6 aliphatic rings. The quantitative estimate of drug-likeness (QED) is 0.243. The molecule has 3 fully saturated rings. The van der Waals surface area contributed by atoms with Crippen LogP contribution in [0.25, 0.3) is 0 Å². The smallest absolute Gasteiger partial charge is 0.262 e. The molecule has 11 nitrogen and oxygen atoms in total. The molecule has 2 N–H and O–H groups in total. The fraction of sp³-hybridized carbons (Fsp3) is 0.465. The number of phenols is 1. The van der Waals surface area contributed by atoms with Crippen LogP contribution >= 0.6 is 0 Å². The third-order valence-corrected chi connectivity index (χ3v) is 13.4. The van der Waals surface area contributed by atoms with Gasteiger partial charge in [0.25, 0.3) is 24.1 Å². The van der Waals surface area contributed by atoms with Gasteiger partial charge in [0.15, 0.2) is 0 Å². The van der Waals surface area contributed by atoms with Crippen LogP contribution in [0.3, 0.4) is 0 Å². The van der Waals surface area contributed by atoms with E-state index >= 15 is 8.78 Å². The van der Waals surface area contributed by atoms with Crippen LogP contribution in [-0.2, 0) is 29.1 Å². The van der Waals surface area contributed by atoms with Crippen molar-refractivity contribution >= 4 is 29.5 Å². The molecular weight excluding hydrogens is 758 g/mol. The monoisotopic (exact) mass is 801 g/mol. The number of benzene rings is 3. The molecule has 1 unspecified atom stereocenters. The summed E-state index contributed by atoms with van der Waals surface area (Å²) in [6, 6.07) is 7.25. The summed E-state index contributed by atoms with van der Waals surface area (Å²) in [5.74, 6) is -4.16. The van der Waals surface area contributed by atoms with Gasteiger partial charge in [-0.15, -0.1) is 0 Å². The molecule has 5 heterocycles. The van der Waals surface area contributed by atoms with E-state index in [0.717, 1.165) is 60.4 Å². The van der Waals surface area contributed by atoms with Gasteiger partial charge in [0, 0.05) is 56.3 Å². The molecule has 3 atom stereocenters. The zero-order valence-electron chi connectivity index (χ0n) is 31.9. The van der Waals surface area contributed by atoms with Gasteiger partial charge in [-0.25, -0.2) is 17.6 Å². The van der Waals surface area contributed by atoms with Crippen molar-refractivity contribution in [3.05, 3.63) is 98.6 Å². The van der Waals surface area contributed by atoms with E-state index in [-0.39, 0.29) is 40.7 Å². The molecule has 3 aromatic rings. The van der Waals surface area contributed by atoms with Gasteiger partial charge in [-0.3, -0.25) is 44.0 Å². The van der Waals surface area contributed by atoms with Crippen molar-refractivity contribution in [3.8, 4) is 5.75 Å². The van der Waals surface area contributed by atoms with Gasteiger partial charge in [0.2, 0.25) is 11.8 Å². The van der Waals surface area contributed by atoms with E-state index in [1.165, 1.54) is 23.1 Å². The largest absolute Gasteiger partial charge is 0.508 e. The molecule has 15 heteroatoms. The van der Waals surface area contributed by atoms with Gasteiger partial charge in [-0.05, 0) is 115 Å². The SMILES string of the molecule is C[C@@H]1Cc2cc(O)ccc2[C@@H](c2c(F)cc(C(=O)N3CCC4(CC3)CC(CN3Cc5cc6c(cc5C3)C(=O)N(C3CCC(=O)NC3=O)C6=O)C4)cc2F)N1CC(F)F. The van der Waals surface area contributed by atoms with Crippen molar-refractivity contribution in [2.75, 3.05) is 26.2 Å². The molecule has 2 saturated heterocycles. The number of carbonyl (C=O) groups excluding carboxylic acids is 5. The number of piperidine rings is 2. The summed E-state index contributed by atoms with van der Waals surface area (Å²) in [4.78, 5) is 70.6.